The molecule has 0 amide bonds. The van der Waals surface area contributed by atoms with E-state index in [1.165, 1.54) is 33.2 Å². The number of aromatic nitrogens is 2. The summed E-state index contributed by atoms with van der Waals surface area (Å²) in [6.45, 7) is 0. The Balaban J connectivity index is 1.85. The van der Waals surface area contributed by atoms with Crippen LogP contribution in [-0.2, 0) is 5.41 Å². The molecule has 3 aromatic carbocycles. The average molecular weight is 484 g/mol. The lowest BCUT2D eigenvalue weighted by Crippen LogP contribution is -2.29. The van der Waals surface area contributed by atoms with Crippen LogP contribution in [0.5, 0.6) is 0 Å². The van der Waals surface area contributed by atoms with Gasteiger partial charge in [0.25, 0.3) is 0 Å². The van der Waals surface area contributed by atoms with Gasteiger partial charge in [0.15, 0.2) is 0 Å². The van der Waals surface area contributed by atoms with E-state index < -0.39 is 5.41 Å². The first-order chi connectivity index (χ1) is 14.3. The fraction of sp³-hybridized carbons (Fsp3) is 0.0385. The molecule has 3 heteroatoms. The standard InChI is InChI=1S/C26H17IN2/c27-29-16-15-21-23(29)17-28-25-24(21)20-13-7-8-14-22(20)26(25,18-9-3-1-4-10-18)19-11-5-2-6-12-19/h1-17H. The van der Waals surface area contributed by atoms with Gasteiger partial charge in [-0.2, -0.15) is 0 Å². The van der Waals surface area contributed by atoms with Crippen LogP contribution in [-0.4, -0.2) is 7.76 Å². The monoisotopic (exact) mass is 484 g/mol. The Kier molecular flexibility index (Phi) is 3.68. The summed E-state index contributed by atoms with van der Waals surface area (Å²) in [5.41, 5.74) is 8.17. The largest absolute Gasteiger partial charge is 0.288 e. The molecule has 0 aliphatic heterocycles. The summed E-state index contributed by atoms with van der Waals surface area (Å²) in [4.78, 5) is 5.12. The van der Waals surface area contributed by atoms with Crippen molar-refractivity contribution in [1.82, 2.24) is 7.76 Å². The zero-order valence-electron chi connectivity index (χ0n) is 15.6. The molecular formula is C26H17IN2. The van der Waals surface area contributed by atoms with E-state index in [4.69, 9.17) is 4.98 Å². The number of halogens is 1. The third-order valence-corrected chi connectivity index (χ3v) is 6.91. The number of benzene rings is 3. The van der Waals surface area contributed by atoms with Gasteiger partial charge in [-0.3, -0.25) is 7.76 Å². The van der Waals surface area contributed by atoms with E-state index in [1.54, 1.807) is 0 Å². The average Bonchev–Trinajstić information content (AvgIpc) is 3.31. The van der Waals surface area contributed by atoms with E-state index in [0.717, 1.165) is 11.2 Å². The molecule has 0 saturated carbocycles. The molecule has 0 atom stereocenters. The molecule has 0 N–H and O–H groups in total. The van der Waals surface area contributed by atoms with Crippen molar-refractivity contribution in [2.75, 3.05) is 0 Å². The number of nitrogens with zero attached hydrogens (tertiary/aromatic N) is 2. The highest BCUT2D eigenvalue weighted by Crippen LogP contribution is 2.56. The van der Waals surface area contributed by atoms with E-state index in [-0.39, 0.29) is 0 Å². The van der Waals surface area contributed by atoms with Crippen LogP contribution in [0.3, 0.4) is 0 Å². The van der Waals surface area contributed by atoms with E-state index in [2.05, 4.69) is 123 Å². The molecule has 0 fully saturated rings. The smallest absolute Gasteiger partial charge is 0.0886 e. The van der Waals surface area contributed by atoms with Crippen molar-refractivity contribution in [1.29, 1.82) is 0 Å². The van der Waals surface area contributed by atoms with Gasteiger partial charge >= 0.3 is 0 Å². The molecule has 0 saturated heterocycles. The molecule has 1 aliphatic rings. The van der Waals surface area contributed by atoms with Crippen molar-refractivity contribution in [2.45, 2.75) is 5.41 Å². The molecule has 5 aromatic rings. The number of rotatable bonds is 2. The fourth-order valence-electron chi connectivity index (χ4n) is 4.91. The van der Waals surface area contributed by atoms with Crippen LogP contribution in [0.1, 0.15) is 22.4 Å². The van der Waals surface area contributed by atoms with Crippen LogP contribution in [0.2, 0.25) is 0 Å². The second-order valence-electron chi connectivity index (χ2n) is 7.44. The highest BCUT2D eigenvalue weighted by atomic mass is 127. The number of hydrogen-bond acceptors (Lipinski definition) is 1. The molecule has 0 bridgehead atoms. The molecule has 6 rings (SSSR count). The van der Waals surface area contributed by atoms with Gasteiger partial charge in [0.1, 0.15) is 0 Å². The number of pyridine rings is 1. The Labute approximate surface area is 183 Å². The maximum atomic E-state index is 5.12. The zero-order valence-corrected chi connectivity index (χ0v) is 17.7. The first-order valence-corrected chi connectivity index (χ1v) is 10.7. The minimum Gasteiger partial charge on any atom is -0.288 e. The van der Waals surface area contributed by atoms with Crippen LogP contribution >= 0.6 is 22.9 Å². The first-order valence-electron chi connectivity index (χ1n) is 9.69. The Morgan fingerprint density at radius 1 is 0.724 bits per heavy atom. The maximum Gasteiger partial charge on any atom is 0.0886 e. The number of fused-ring (bicyclic) bond motifs is 5. The molecule has 0 radical (unpaired) electrons. The Bertz CT molecular complexity index is 1310. The summed E-state index contributed by atoms with van der Waals surface area (Å²) in [5.74, 6) is 0. The number of hydrogen-bond donors (Lipinski definition) is 0. The molecule has 2 nitrogen and oxygen atoms in total. The van der Waals surface area contributed by atoms with E-state index in [0.29, 0.717) is 0 Å². The van der Waals surface area contributed by atoms with Crippen LogP contribution < -0.4 is 0 Å². The molecule has 0 spiro atoms. The summed E-state index contributed by atoms with van der Waals surface area (Å²) in [7, 11) is 0. The van der Waals surface area contributed by atoms with Gasteiger partial charge in [0.05, 0.1) is 45.7 Å². The fourth-order valence-corrected chi connectivity index (χ4v) is 5.46. The summed E-state index contributed by atoms with van der Waals surface area (Å²) in [6, 6.07) is 32.6. The van der Waals surface area contributed by atoms with Gasteiger partial charge in [-0.15, -0.1) is 0 Å². The SMILES string of the molecule is In1ccc2c3c(ncc21)C(c1ccccc1)(c1ccccc1)c1ccccc1-3. The lowest BCUT2D eigenvalue weighted by atomic mass is 9.69. The Hall–Kier alpha value is -2.92. The summed E-state index contributed by atoms with van der Waals surface area (Å²) in [6.07, 6.45) is 4.13. The quantitative estimate of drug-likeness (QED) is 0.254. The molecule has 29 heavy (non-hydrogen) atoms. The van der Waals surface area contributed by atoms with Crippen molar-refractivity contribution in [3.63, 3.8) is 0 Å². The van der Waals surface area contributed by atoms with Crippen LogP contribution in [0, 0.1) is 0 Å². The van der Waals surface area contributed by atoms with Gasteiger partial charge < -0.3 is 0 Å². The van der Waals surface area contributed by atoms with Crippen molar-refractivity contribution in [3.05, 3.63) is 126 Å². The molecule has 1 aliphatic carbocycles. The highest BCUT2D eigenvalue weighted by Gasteiger charge is 2.48. The lowest BCUT2D eigenvalue weighted by molar-refractivity contribution is 0.739. The highest BCUT2D eigenvalue weighted by molar-refractivity contribution is 14.1. The summed E-state index contributed by atoms with van der Waals surface area (Å²) < 4.78 is 2.12. The van der Waals surface area contributed by atoms with Gasteiger partial charge in [0, 0.05) is 17.1 Å². The van der Waals surface area contributed by atoms with Crippen molar-refractivity contribution < 1.29 is 0 Å². The predicted octanol–water partition coefficient (Wildman–Crippen LogP) is 6.60. The molecule has 0 unspecified atom stereocenters. The van der Waals surface area contributed by atoms with E-state index >= 15 is 0 Å². The lowest BCUT2D eigenvalue weighted by Gasteiger charge is -2.32. The minimum absolute atomic E-state index is 0.421. The topological polar surface area (TPSA) is 17.8 Å². The summed E-state index contributed by atoms with van der Waals surface area (Å²) >= 11 is 2.33. The van der Waals surface area contributed by atoms with Crippen LogP contribution in [0.25, 0.3) is 22.0 Å². The zero-order chi connectivity index (χ0) is 19.4. The van der Waals surface area contributed by atoms with Gasteiger partial charge in [-0.05, 0) is 28.3 Å². The van der Waals surface area contributed by atoms with Gasteiger partial charge in [0.2, 0.25) is 0 Å². The Morgan fingerprint density at radius 2 is 1.34 bits per heavy atom. The van der Waals surface area contributed by atoms with Crippen molar-refractivity contribution in [3.8, 4) is 11.1 Å². The third kappa shape index (κ3) is 2.19. The van der Waals surface area contributed by atoms with Crippen LogP contribution in [0.15, 0.2) is 103 Å². The van der Waals surface area contributed by atoms with Crippen LogP contribution in [0.4, 0.5) is 0 Å². The predicted molar refractivity (Wildman–Crippen MR) is 126 cm³/mol. The molecule has 138 valence electrons. The molecule has 2 aromatic heterocycles. The second-order valence-corrected chi connectivity index (χ2v) is 8.47. The first kappa shape index (κ1) is 17.0. The second kappa shape index (κ2) is 6.29. The van der Waals surface area contributed by atoms with Gasteiger partial charge in [-0.25, -0.2) is 0 Å². The molecular weight excluding hydrogens is 467 g/mol. The molecule has 2 heterocycles. The maximum absolute atomic E-state index is 5.12. The minimum atomic E-state index is -0.421. The Morgan fingerprint density at radius 3 is 2.03 bits per heavy atom. The van der Waals surface area contributed by atoms with Crippen molar-refractivity contribution in [2.24, 2.45) is 0 Å². The van der Waals surface area contributed by atoms with E-state index in [9.17, 15) is 0 Å². The third-order valence-electron chi connectivity index (χ3n) is 6.07. The van der Waals surface area contributed by atoms with E-state index in [1.807, 2.05) is 6.20 Å². The summed E-state index contributed by atoms with van der Waals surface area (Å²) in [5, 5.41) is 1.26. The normalized spacial score (nSPS) is 14.0. The van der Waals surface area contributed by atoms with Gasteiger partial charge in [-0.1, -0.05) is 84.9 Å². The van der Waals surface area contributed by atoms with Crippen molar-refractivity contribution >= 4 is 33.8 Å².